The minimum Gasteiger partial charge on any atom is -0.396 e. The molecule has 0 spiro atoms. The van der Waals surface area contributed by atoms with Gasteiger partial charge in [-0.3, -0.25) is 0 Å². The SMILES string of the molecule is OCCC(O)CNC1CCC1. The molecule has 0 radical (unpaired) electrons. The Morgan fingerprint density at radius 1 is 1.45 bits per heavy atom. The van der Waals surface area contributed by atoms with Crippen molar-refractivity contribution in [3.8, 4) is 0 Å². The summed E-state index contributed by atoms with van der Waals surface area (Å²) in [6, 6.07) is 0.628. The summed E-state index contributed by atoms with van der Waals surface area (Å²) < 4.78 is 0. The third kappa shape index (κ3) is 3.18. The van der Waals surface area contributed by atoms with Crippen molar-refractivity contribution >= 4 is 0 Å². The Kier molecular flexibility index (Phi) is 3.83. The molecule has 0 aromatic rings. The third-order valence-electron chi connectivity index (χ3n) is 2.21. The van der Waals surface area contributed by atoms with Crippen molar-refractivity contribution in [3.05, 3.63) is 0 Å². The second kappa shape index (κ2) is 4.70. The van der Waals surface area contributed by atoms with Gasteiger partial charge in [0.15, 0.2) is 0 Å². The average molecular weight is 159 g/mol. The smallest absolute Gasteiger partial charge is 0.0686 e. The lowest BCUT2D eigenvalue weighted by Gasteiger charge is -2.27. The molecular formula is C8H17NO2. The van der Waals surface area contributed by atoms with Crippen LogP contribution in [0.5, 0.6) is 0 Å². The van der Waals surface area contributed by atoms with E-state index in [1.54, 1.807) is 0 Å². The normalized spacial score (nSPS) is 21.3. The van der Waals surface area contributed by atoms with Crippen LogP contribution in [0.25, 0.3) is 0 Å². The van der Waals surface area contributed by atoms with E-state index in [4.69, 9.17) is 5.11 Å². The van der Waals surface area contributed by atoms with Crippen LogP contribution in [0.4, 0.5) is 0 Å². The van der Waals surface area contributed by atoms with Gasteiger partial charge in [0.05, 0.1) is 6.10 Å². The van der Waals surface area contributed by atoms with Crippen molar-refractivity contribution in [3.63, 3.8) is 0 Å². The van der Waals surface area contributed by atoms with Crippen molar-refractivity contribution in [1.82, 2.24) is 5.32 Å². The van der Waals surface area contributed by atoms with E-state index in [0.717, 1.165) is 0 Å². The maximum absolute atomic E-state index is 9.20. The zero-order valence-electron chi connectivity index (χ0n) is 6.79. The van der Waals surface area contributed by atoms with Crippen molar-refractivity contribution in [2.24, 2.45) is 0 Å². The van der Waals surface area contributed by atoms with E-state index >= 15 is 0 Å². The molecule has 1 unspecified atom stereocenters. The van der Waals surface area contributed by atoms with Gasteiger partial charge in [-0.25, -0.2) is 0 Å². The standard InChI is InChI=1S/C8H17NO2/c10-5-4-8(11)6-9-7-2-1-3-7/h7-11H,1-6H2. The molecule has 66 valence electrons. The van der Waals surface area contributed by atoms with Gasteiger partial charge in [-0.2, -0.15) is 0 Å². The summed E-state index contributed by atoms with van der Waals surface area (Å²) in [7, 11) is 0. The monoisotopic (exact) mass is 159 g/mol. The molecule has 0 saturated heterocycles. The highest BCUT2D eigenvalue weighted by Gasteiger charge is 2.17. The topological polar surface area (TPSA) is 52.5 Å². The molecular weight excluding hydrogens is 142 g/mol. The number of rotatable bonds is 5. The molecule has 0 amide bonds. The minimum atomic E-state index is -0.374. The van der Waals surface area contributed by atoms with Crippen LogP contribution in [0.15, 0.2) is 0 Å². The molecule has 0 bridgehead atoms. The molecule has 3 nitrogen and oxygen atoms in total. The molecule has 0 heterocycles. The Hall–Kier alpha value is -0.120. The van der Waals surface area contributed by atoms with E-state index in [2.05, 4.69) is 5.32 Å². The second-order valence-electron chi connectivity index (χ2n) is 3.20. The number of aliphatic hydroxyl groups excluding tert-OH is 2. The Labute approximate surface area is 67.4 Å². The Bertz CT molecular complexity index is 104. The van der Waals surface area contributed by atoms with Gasteiger partial charge in [0.1, 0.15) is 0 Å². The highest BCUT2D eigenvalue weighted by Crippen LogP contribution is 2.17. The van der Waals surface area contributed by atoms with Gasteiger partial charge in [-0.05, 0) is 19.3 Å². The van der Waals surface area contributed by atoms with Gasteiger partial charge in [-0.1, -0.05) is 6.42 Å². The van der Waals surface area contributed by atoms with E-state index in [-0.39, 0.29) is 12.7 Å². The fraction of sp³-hybridized carbons (Fsp3) is 1.00. The molecule has 1 atom stereocenters. The summed E-state index contributed by atoms with van der Waals surface area (Å²) in [6.45, 7) is 0.707. The molecule has 0 aromatic heterocycles. The van der Waals surface area contributed by atoms with E-state index in [9.17, 15) is 5.11 Å². The van der Waals surface area contributed by atoms with Crippen LogP contribution in [0.3, 0.4) is 0 Å². The van der Waals surface area contributed by atoms with E-state index in [1.807, 2.05) is 0 Å². The average Bonchev–Trinajstić information content (AvgIpc) is 1.85. The van der Waals surface area contributed by atoms with Crippen LogP contribution in [-0.2, 0) is 0 Å². The number of hydrogen-bond acceptors (Lipinski definition) is 3. The van der Waals surface area contributed by atoms with Gasteiger partial charge in [0, 0.05) is 19.2 Å². The zero-order valence-corrected chi connectivity index (χ0v) is 6.79. The van der Waals surface area contributed by atoms with Gasteiger partial charge < -0.3 is 15.5 Å². The zero-order chi connectivity index (χ0) is 8.10. The maximum Gasteiger partial charge on any atom is 0.0686 e. The van der Waals surface area contributed by atoms with Crippen molar-refractivity contribution < 1.29 is 10.2 Å². The van der Waals surface area contributed by atoms with Crippen molar-refractivity contribution in [2.45, 2.75) is 37.8 Å². The third-order valence-corrected chi connectivity index (χ3v) is 2.21. The fourth-order valence-corrected chi connectivity index (χ4v) is 1.17. The second-order valence-corrected chi connectivity index (χ2v) is 3.20. The summed E-state index contributed by atoms with van der Waals surface area (Å²) >= 11 is 0. The quantitative estimate of drug-likeness (QED) is 0.524. The summed E-state index contributed by atoms with van der Waals surface area (Å²) in [5.41, 5.74) is 0. The highest BCUT2D eigenvalue weighted by molar-refractivity contribution is 4.77. The number of hydrogen-bond donors (Lipinski definition) is 3. The summed E-state index contributed by atoms with van der Waals surface area (Å²) in [4.78, 5) is 0. The molecule has 1 saturated carbocycles. The molecule has 0 aliphatic heterocycles. The molecule has 1 fully saturated rings. The summed E-state index contributed by atoms with van der Waals surface area (Å²) in [5.74, 6) is 0. The predicted octanol–water partition coefficient (Wildman–Crippen LogP) is -0.128. The van der Waals surface area contributed by atoms with Gasteiger partial charge in [-0.15, -0.1) is 0 Å². The molecule has 3 heteroatoms. The van der Waals surface area contributed by atoms with E-state index in [0.29, 0.717) is 19.0 Å². The highest BCUT2D eigenvalue weighted by atomic mass is 16.3. The van der Waals surface area contributed by atoms with E-state index < -0.39 is 0 Å². The van der Waals surface area contributed by atoms with Crippen LogP contribution < -0.4 is 5.32 Å². The van der Waals surface area contributed by atoms with Gasteiger partial charge >= 0.3 is 0 Å². The molecule has 3 N–H and O–H groups in total. The lowest BCUT2D eigenvalue weighted by Crippen LogP contribution is -2.39. The van der Waals surface area contributed by atoms with Crippen LogP contribution in [0, 0.1) is 0 Å². The first-order valence-electron chi connectivity index (χ1n) is 4.35. The van der Waals surface area contributed by atoms with Crippen LogP contribution in [-0.4, -0.2) is 35.5 Å². The van der Waals surface area contributed by atoms with Crippen LogP contribution in [0.2, 0.25) is 0 Å². The first-order chi connectivity index (χ1) is 5.33. The molecule has 1 rings (SSSR count). The Morgan fingerprint density at radius 3 is 2.64 bits per heavy atom. The molecule has 11 heavy (non-hydrogen) atoms. The molecule has 1 aliphatic rings. The van der Waals surface area contributed by atoms with Crippen LogP contribution in [0.1, 0.15) is 25.7 Å². The molecule has 1 aliphatic carbocycles. The van der Waals surface area contributed by atoms with Gasteiger partial charge in [0.2, 0.25) is 0 Å². The van der Waals surface area contributed by atoms with Gasteiger partial charge in [0.25, 0.3) is 0 Å². The Balaban J connectivity index is 1.92. The van der Waals surface area contributed by atoms with Crippen molar-refractivity contribution in [1.29, 1.82) is 0 Å². The Morgan fingerprint density at radius 2 is 2.18 bits per heavy atom. The van der Waals surface area contributed by atoms with Crippen molar-refractivity contribution in [2.75, 3.05) is 13.2 Å². The lowest BCUT2D eigenvalue weighted by molar-refractivity contribution is 0.123. The fourth-order valence-electron chi connectivity index (χ4n) is 1.17. The largest absolute Gasteiger partial charge is 0.396 e. The van der Waals surface area contributed by atoms with E-state index in [1.165, 1.54) is 19.3 Å². The number of nitrogens with one attached hydrogen (secondary N) is 1. The summed E-state index contributed by atoms with van der Waals surface area (Å²) in [6.07, 6.45) is 3.91. The lowest BCUT2D eigenvalue weighted by atomic mass is 9.93. The van der Waals surface area contributed by atoms with Crippen LogP contribution >= 0.6 is 0 Å². The summed E-state index contributed by atoms with van der Waals surface area (Å²) in [5, 5.41) is 20.9. The predicted molar refractivity (Wildman–Crippen MR) is 43.4 cm³/mol. The molecule has 0 aromatic carbocycles. The minimum absolute atomic E-state index is 0.0769. The number of aliphatic hydroxyl groups is 2. The maximum atomic E-state index is 9.20. The first kappa shape index (κ1) is 8.97. The first-order valence-corrected chi connectivity index (χ1v) is 4.35.